The van der Waals surface area contributed by atoms with Crippen LogP contribution in [0.4, 0.5) is 11.4 Å². The first kappa shape index (κ1) is 14.2. The minimum Gasteiger partial charge on any atom is -0.496 e. The normalized spacial score (nSPS) is 10.1. The third-order valence-corrected chi connectivity index (χ3v) is 3.16. The highest BCUT2D eigenvalue weighted by Gasteiger charge is 2.09. The van der Waals surface area contributed by atoms with Crippen LogP contribution in [0.5, 0.6) is 5.75 Å². The number of amides is 1. The van der Waals surface area contributed by atoms with E-state index in [1.165, 1.54) is 0 Å². The first-order valence-electron chi connectivity index (χ1n) is 6.07. The van der Waals surface area contributed by atoms with Crippen LogP contribution in [0.1, 0.15) is 5.56 Å². The van der Waals surface area contributed by atoms with E-state index < -0.39 is 0 Å². The maximum Gasteiger partial charge on any atom is 0.228 e. The van der Waals surface area contributed by atoms with Crippen LogP contribution in [-0.2, 0) is 11.2 Å². The molecular formula is C15H15ClN2O2. The summed E-state index contributed by atoms with van der Waals surface area (Å²) in [7, 11) is 1.58. The topological polar surface area (TPSA) is 64.3 Å². The standard InChI is InChI=1S/C15H15ClN2O2/c1-20-14-5-3-2-4-10(14)8-15(19)18-11-6-7-13(17)12(16)9-11/h2-7,9H,8,17H2,1H3,(H,18,19). The van der Waals surface area contributed by atoms with Crippen molar-refractivity contribution in [1.82, 2.24) is 0 Å². The molecule has 2 aromatic rings. The van der Waals surface area contributed by atoms with Gasteiger partial charge in [0.1, 0.15) is 5.75 Å². The van der Waals surface area contributed by atoms with Gasteiger partial charge in [0, 0.05) is 11.3 Å². The molecule has 2 rings (SSSR count). The van der Waals surface area contributed by atoms with Gasteiger partial charge in [0.25, 0.3) is 0 Å². The van der Waals surface area contributed by atoms with Crippen molar-refractivity contribution in [3.8, 4) is 5.75 Å². The van der Waals surface area contributed by atoms with Gasteiger partial charge in [-0.15, -0.1) is 0 Å². The summed E-state index contributed by atoms with van der Waals surface area (Å²) in [4.78, 5) is 12.0. The van der Waals surface area contributed by atoms with E-state index in [1.54, 1.807) is 25.3 Å². The highest BCUT2D eigenvalue weighted by atomic mass is 35.5. The van der Waals surface area contributed by atoms with Crippen LogP contribution in [0.25, 0.3) is 0 Å². The summed E-state index contributed by atoms with van der Waals surface area (Å²) in [5, 5.41) is 3.19. The number of ether oxygens (including phenoxy) is 1. The number of nitrogen functional groups attached to an aromatic ring is 1. The van der Waals surface area contributed by atoms with Crippen LogP contribution in [0.3, 0.4) is 0 Å². The Labute approximate surface area is 122 Å². The van der Waals surface area contributed by atoms with Crippen molar-refractivity contribution < 1.29 is 9.53 Å². The predicted octanol–water partition coefficient (Wildman–Crippen LogP) is 3.11. The van der Waals surface area contributed by atoms with Crippen LogP contribution in [-0.4, -0.2) is 13.0 Å². The van der Waals surface area contributed by atoms with Crippen LogP contribution < -0.4 is 15.8 Å². The lowest BCUT2D eigenvalue weighted by atomic mass is 10.1. The smallest absolute Gasteiger partial charge is 0.228 e. The Morgan fingerprint density at radius 1 is 1.30 bits per heavy atom. The van der Waals surface area contributed by atoms with E-state index in [4.69, 9.17) is 22.1 Å². The summed E-state index contributed by atoms with van der Waals surface area (Å²) in [6.45, 7) is 0. The third kappa shape index (κ3) is 3.42. The molecule has 0 atom stereocenters. The number of nitrogens with two attached hydrogens (primary N) is 1. The van der Waals surface area contributed by atoms with Crippen molar-refractivity contribution in [2.75, 3.05) is 18.2 Å². The molecule has 20 heavy (non-hydrogen) atoms. The van der Waals surface area contributed by atoms with Crippen molar-refractivity contribution in [3.63, 3.8) is 0 Å². The molecule has 0 radical (unpaired) electrons. The first-order chi connectivity index (χ1) is 9.60. The van der Waals surface area contributed by atoms with Crippen molar-refractivity contribution >= 4 is 28.9 Å². The second-order valence-corrected chi connectivity index (χ2v) is 4.68. The summed E-state index contributed by atoms with van der Waals surface area (Å²) >= 11 is 5.91. The van der Waals surface area contributed by atoms with Crippen LogP contribution >= 0.6 is 11.6 Å². The molecule has 0 spiro atoms. The van der Waals surface area contributed by atoms with E-state index in [2.05, 4.69) is 5.32 Å². The van der Waals surface area contributed by atoms with Gasteiger partial charge in [-0.25, -0.2) is 0 Å². The van der Waals surface area contributed by atoms with Gasteiger partial charge < -0.3 is 15.8 Å². The molecule has 0 aromatic heterocycles. The Kier molecular flexibility index (Phi) is 4.48. The Morgan fingerprint density at radius 2 is 2.05 bits per heavy atom. The highest BCUT2D eigenvalue weighted by Crippen LogP contribution is 2.23. The van der Waals surface area contributed by atoms with Gasteiger partial charge in [0.05, 0.1) is 24.2 Å². The predicted molar refractivity (Wildman–Crippen MR) is 81.2 cm³/mol. The molecule has 104 valence electrons. The monoisotopic (exact) mass is 290 g/mol. The molecule has 0 aliphatic carbocycles. The summed E-state index contributed by atoms with van der Waals surface area (Å²) in [5.74, 6) is 0.549. The van der Waals surface area contributed by atoms with Gasteiger partial charge in [0.2, 0.25) is 5.91 Å². The van der Waals surface area contributed by atoms with Gasteiger partial charge in [0.15, 0.2) is 0 Å². The third-order valence-electron chi connectivity index (χ3n) is 2.83. The first-order valence-corrected chi connectivity index (χ1v) is 6.44. The number of anilines is 2. The van der Waals surface area contributed by atoms with Crippen molar-refractivity contribution in [1.29, 1.82) is 0 Å². The van der Waals surface area contributed by atoms with E-state index in [0.717, 1.165) is 5.56 Å². The van der Waals surface area contributed by atoms with Crippen molar-refractivity contribution in [2.24, 2.45) is 0 Å². The van der Waals surface area contributed by atoms with Crippen LogP contribution in [0, 0.1) is 0 Å². The molecule has 0 heterocycles. The number of carbonyl (C=O) groups is 1. The largest absolute Gasteiger partial charge is 0.496 e. The number of methoxy groups -OCH3 is 1. The molecule has 4 nitrogen and oxygen atoms in total. The molecule has 0 fully saturated rings. The molecule has 3 N–H and O–H groups in total. The zero-order valence-corrected chi connectivity index (χ0v) is 11.8. The number of rotatable bonds is 4. The van der Waals surface area contributed by atoms with Crippen molar-refractivity contribution in [2.45, 2.75) is 6.42 Å². The Morgan fingerprint density at radius 3 is 2.75 bits per heavy atom. The number of hydrogen-bond acceptors (Lipinski definition) is 3. The molecule has 0 saturated heterocycles. The van der Waals surface area contributed by atoms with Gasteiger partial charge in [-0.1, -0.05) is 29.8 Å². The second kappa shape index (κ2) is 6.30. The number of nitrogens with one attached hydrogen (secondary N) is 1. The van der Waals surface area contributed by atoms with Crippen LogP contribution in [0.15, 0.2) is 42.5 Å². The molecule has 0 saturated carbocycles. The average molecular weight is 291 g/mol. The number of benzene rings is 2. The van der Waals surface area contributed by atoms with Gasteiger partial charge in [-0.2, -0.15) is 0 Å². The maximum atomic E-state index is 12.0. The average Bonchev–Trinajstić information content (AvgIpc) is 2.43. The molecular weight excluding hydrogens is 276 g/mol. The quantitative estimate of drug-likeness (QED) is 0.850. The molecule has 2 aromatic carbocycles. The second-order valence-electron chi connectivity index (χ2n) is 4.27. The molecule has 0 bridgehead atoms. The minimum absolute atomic E-state index is 0.143. The summed E-state index contributed by atoms with van der Waals surface area (Å²) < 4.78 is 5.21. The molecule has 5 heteroatoms. The minimum atomic E-state index is -0.143. The van der Waals surface area contributed by atoms with E-state index in [9.17, 15) is 4.79 Å². The lowest BCUT2D eigenvalue weighted by Crippen LogP contribution is -2.15. The Balaban J connectivity index is 2.07. The Hall–Kier alpha value is -2.20. The number of para-hydroxylation sites is 1. The van der Waals surface area contributed by atoms with Gasteiger partial charge in [-0.05, 0) is 24.3 Å². The lowest BCUT2D eigenvalue weighted by Gasteiger charge is -2.09. The molecule has 0 aliphatic rings. The molecule has 0 unspecified atom stereocenters. The summed E-state index contributed by atoms with van der Waals surface area (Å²) in [6, 6.07) is 12.4. The zero-order valence-electron chi connectivity index (χ0n) is 11.0. The fourth-order valence-electron chi connectivity index (χ4n) is 1.83. The van der Waals surface area contributed by atoms with E-state index >= 15 is 0 Å². The van der Waals surface area contributed by atoms with E-state index in [-0.39, 0.29) is 12.3 Å². The van der Waals surface area contributed by atoms with Gasteiger partial charge in [-0.3, -0.25) is 4.79 Å². The zero-order chi connectivity index (χ0) is 14.5. The SMILES string of the molecule is COc1ccccc1CC(=O)Nc1ccc(N)c(Cl)c1. The lowest BCUT2D eigenvalue weighted by molar-refractivity contribution is -0.115. The van der Waals surface area contributed by atoms with E-state index in [0.29, 0.717) is 22.1 Å². The Bertz CT molecular complexity index is 629. The van der Waals surface area contributed by atoms with Gasteiger partial charge >= 0.3 is 0 Å². The molecule has 0 aliphatic heterocycles. The number of carbonyl (C=O) groups excluding carboxylic acids is 1. The molecule has 1 amide bonds. The maximum absolute atomic E-state index is 12.0. The van der Waals surface area contributed by atoms with E-state index in [1.807, 2.05) is 24.3 Å². The summed E-state index contributed by atoms with van der Waals surface area (Å²) in [5.41, 5.74) is 7.54. The summed E-state index contributed by atoms with van der Waals surface area (Å²) in [6.07, 6.45) is 0.228. The van der Waals surface area contributed by atoms with Crippen LogP contribution in [0.2, 0.25) is 5.02 Å². The van der Waals surface area contributed by atoms with Crippen molar-refractivity contribution in [3.05, 3.63) is 53.1 Å². The number of halogens is 1. The number of hydrogen-bond donors (Lipinski definition) is 2. The highest BCUT2D eigenvalue weighted by molar-refractivity contribution is 6.33. The fourth-order valence-corrected chi connectivity index (χ4v) is 2.01. The fraction of sp³-hybridized carbons (Fsp3) is 0.133.